The maximum absolute atomic E-state index is 14.1. The molecule has 0 aliphatic heterocycles. The molecular formula is C46H67NO7. The number of esters is 1. The van der Waals surface area contributed by atoms with Crippen LogP contribution in [0.3, 0.4) is 0 Å². The molecule has 8 nitrogen and oxygen atoms in total. The Morgan fingerprint density at radius 1 is 0.907 bits per heavy atom. The second-order valence-corrected chi connectivity index (χ2v) is 20.5. The number of carbonyl (C=O) groups is 4. The van der Waals surface area contributed by atoms with Crippen LogP contribution < -0.4 is 0 Å². The van der Waals surface area contributed by atoms with Gasteiger partial charge in [-0.3, -0.25) is 19.2 Å². The highest BCUT2D eigenvalue weighted by molar-refractivity contribution is 6.00. The van der Waals surface area contributed by atoms with Crippen LogP contribution >= 0.6 is 0 Å². The first kappa shape index (κ1) is 40.7. The van der Waals surface area contributed by atoms with E-state index in [1.54, 1.807) is 25.8 Å². The molecular weight excluding hydrogens is 679 g/mol. The molecule has 0 heterocycles. The Morgan fingerprint density at radius 2 is 1.57 bits per heavy atom. The highest BCUT2D eigenvalue weighted by Gasteiger charge is 2.71. The molecule has 0 radical (unpaired) electrons. The predicted octanol–water partition coefficient (Wildman–Crippen LogP) is 8.44. The number of aliphatic hydroxyl groups is 1. The van der Waals surface area contributed by atoms with E-state index in [0.717, 1.165) is 62.5 Å². The molecule has 298 valence electrons. The number of carbonyl (C=O) groups excluding carboxylic acids is 3. The highest BCUT2D eigenvalue weighted by Crippen LogP contribution is 2.77. The van der Waals surface area contributed by atoms with Gasteiger partial charge in [-0.2, -0.15) is 0 Å². The van der Waals surface area contributed by atoms with Crippen LogP contribution in [0, 0.1) is 56.2 Å². The topological polar surface area (TPSA) is 121 Å². The number of rotatable bonds is 10. The summed E-state index contributed by atoms with van der Waals surface area (Å²) < 4.78 is 6.16. The number of nitrogens with zero attached hydrogens (tertiary/aromatic N) is 1. The summed E-state index contributed by atoms with van der Waals surface area (Å²) in [5, 5.41) is 21.9. The second-order valence-electron chi connectivity index (χ2n) is 20.5. The van der Waals surface area contributed by atoms with Crippen LogP contribution in [0.1, 0.15) is 132 Å². The van der Waals surface area contributed by atoms with Crippen LogP contribution in [-0.2, 0) is 30.3 Å². The van der Waals surface area contributed by atoms with Crippen molar-refractivity contribution in [2.24, 2.45) is 56.2 Å². The van der Waals surface area contributed by atoms with Crippen molar-refractivity contribution >= 4 is 23.6 Å². The SMILES string of the molecule is CC(C)C1=C2[C@H]3CC[C@@H]4[C@@]5(C)CC[C@H](OC(=O)CC(C)(C)C(=O)O)C(C)(C)[C@@H]5CC[C@@]4(C)[C@]3(C)CCC2(C(O)CN(C)C(=O)Cc2ccccc2)CC1=O. The van der Waals surface area contributed by atoms with E-state index in [4.69, 9.17) is 4.74 Å². The van der Waals surface area contributed by atoms with Crippen molar-refractivity contribution in [1.82, 2.24) is 4.90 Å². The van der Waals surface area contributed by atoms with E-state index in [9.17, 15) is 29.4 Å². The number of aliphatic carboxylic acids is 1. The van der Waals surface area contributed by atoms with E-state index in [-0.39, 0.29) is 70.7 Å². The number of hydrogen-bond donors (Lipinski definition) is 2. The van der Waals surface area contributed by atoms with Gasteiger partial charge in [-0.15, -0.1) is 0 Å². The first-order valence-electron chi connectivity index (χ1n) is 20.7. The van der Waals surface area contributed by atoms with Gasteiger partial charge < -0.3 is 19.8 Å². The molecule has 5 aliphatic carbocycles. The first-order chi connectivity index (χ1) is 25.0. The number of carboxylic acid groups (broad SMARTS) is 1. The molecule has 0 bridgehead atoms. The average molecular weight is 746 g/mol. The van der Waals surface area contributed by atoms with Crippen LogP contribution in [0.25, 0.3) is 0 Å². The highest BCUT2D eigenvalue weighted by atomic mass is 16.5. The molecule has 4 fully saturated rings. The van der Waals surface area contributed by atoms with Gasteiger partial charge in [0.05, 0.1) is 24.4 Å². The van der Waals surface area contributed by atoms with Crippen LogP contribution in [0.5, 0.6) is 0 Å². The standard InChI is InChI=1S/C46H67NO7/c1-28(2)38-31(48)25-46(34(49)27-47(10)36(50)24-29-14-12-11-13-15-29)23-22-44(8)30(39(38)46)16-17-33-43(7)20-19-35(54-37(51)26-41(3,4)40(52)53)42(5,6)32(43)18-21-45(33,44)9/h11-15,28,30,32-35,49H,16-27H2,1-10H3,(H,52,53)/t30-,32+,33-,34?,35+,43+,44-,45-,46?/m1/s1. The molecule has 2 N–H and O–H groups in total. The molecule has 8 heteroatoms. The number of amides is 1. The number of aliphatic hydroxyl groups excluding tert-OH is 1. The first-order valence-corrected chi connectivity index (χ1v) is 20.7. The fourth-order valence-corrected chi connectivity index (χ4v) is 13.4. The van der Waals surface area contributed by atoms with Gasteiger partial charge in [-0.05, 0) is 116 Å². The number of benzene rings is 1. The van der Waals surface area contributed by atoms with E-state index in [0.29, 0.717) is 18.3 Å². The summed E-state index contributed by atoms with van der Waals surface area (Å²) in [7, 11) is 1.78. The van der Waals surface area contributed by atoms with Gasteiger partial charge in [0.1, 0.15) is 6.10 Å². The molecule has 0 spiro atoms. The number of carboxylic acids is 1. The van der Waals surface area contributed by atoms with Gasteiger partial charge in [0.2, 0.25) is 5.91 Å². The number of hydrogen-bond acceptors (Lipinski definition) is 6. The lowest BCUT2D eigenvalue weighted by Gasteiger charge is -2.72. The monoisotopic (exact) mass is 745 g/mol. The minimum absolute atomic E-state index is 0.00650. The number of ketones is 1. The fraction of sp³-hybridized carbons (Fsp3) is 0.739. The third kappa shape index (κ3) is 6.29. The minimum atomic E-state index is -1.18. The van der Waals surface area contributed by atoms with Crippen molar-refractivity contribution in [3.8, 4) is 0 Å². The van der Waals surface area contributed by atoms with Crippen molar-refractivity contribution in [2.45, 2.75) is 145 Å². The van der Waals surface area contributed by atoms with E-state index in [1.807, 2.05) is 30.3 Å². The van der Waals surface area contributed by atoms with Gasteiger partial charge in [-0.25, -0.2) is 0 Å². The number of likely N-dealkylation sites (N-methyl/N-ethyl adjacent to an activating group) is 1. The van der Waals surface area contributed by atoms with Gasteiger partial charge in [0.15, 0.2) is 5.78 Å². The summed E-state index contributed by atoms with van der Waals surface area (Å²) in [6.07, 6.45) is 6.80. The van der Waals surface area contributed by atoms with Crippen molar-refractivity contribution in [3.63, 3.8) is 0 Å². The number of allylic oxidation sites excluding steroid dienone is 1. The molecule has 4 saturated carbocycles. The smallest absolute Gasteiger partial charge is 0.309 e. The zero-order valence-electron chi connectivity index (χ0n) is 34.7. The third-order valence-electron chi connectivity index (χ3n) is 16.6. The molecule has 54 heavy (non-hydrogen) atoms. The Balaban J connectivity index is 1.27. The maximum Gasteiger partial charge on any atom is 0.309 e. The van der Waals surface area contributed by atoms with Crippen molar-refractivity contribution in [1.29, 1.82) is 0 Å². The van der Waals surface area contributed by atoms with Crippen molar-refractivity contribution in [3.05, 3.63) is 47.0 Å². The van der Waals surface area contributed by atoms with Crippen LogP contribution in [0.2, 0.25) is 0 Å². The summed E-state index contributed by atoms with van der Waals surface area (Å²) in [6, 6.07) is 9.71. The van der Waals surface area contributed by atoms with E-state index < -0.39 is 28.9 Å². The molecule has 1 amide bonds. The number of ether oxygens (including phenoxy) is 1. The van der Waals surface area contributed by atoms with Gasteiger partial charge in [0.25, 0.3) is 0 Å². The second kappa shape index (κ2) is 13.9. The van der Waals surface area contributed by atoms with Gasteiger partial charge >= 0.3 is 11.9 Å². The Kier molecular flexibility index (Phi) is 10.5. The predicted molar refractivity (Wildman–Crippen MR) is 209 cm³/mol. The zero-order chi connectivity index (χ0) is 39.8. The lowest BCUT2D eigenvalue weighted by atomic mass is 9.33. The molecule has 1 aromatic rings. The molecule has 1 aromatic carbocycles. The molecule has 5 aliphatic rings. The Hall–Kier alpha value is -3.00. The summed E-state index contributed by atoms with van der Waals surface area (Å²) >= 11 is 0. The third-order valence-corrected chi connectivity index (χ3v) is 16.6. The molecule has 0 aromatic heterocycles. The maximum atomic E-state index is 14.1. The zero-order valence-corrected chi connectivity index (χ0v) is 34.7. The van der Waals surface area contributed by atoms with Gasteiger partial charge in [0, 0.05) is 30.8 Å². The Morgan fingerprint density at radius 3 is 2.20 bits per heavy atom. The lowest BCUT2D eigenvalue weighted by molar-refractivity contribution is -0.235. The lowest BCUT2D eigenvalue weighted by Crippen LogP contribution is -2.66. The number of Topliss-reactive ketones (excluding diaryl/α,β-unsaturated/α-hetero) is 1. The Bertz CT molecular complexity index is 1690. The summed E-state index contributed by atoms with van der Waals surface area (Å²) in [6.45, 7) is 19.6. The van der Waals surface area contributed by atoms with Crippen molar-refractivity contribution < 1.29 is 34.1 Å². The molecule has 0 saturated heterocycles. The molecule has 2 unspecified atom stereocenters. The normalized spacial score (nSPS) is 36.4. The van der Waals surface area contributed by atoms with Crippen LogP contribution in [0.4, 0.5) is 0 Å². The minimum Gasteiger partial charge on any atom is -0.481 e. The molecule has 9 atom stereocenters. The van der Waals surface area contributed by atoms with E-state index >= 15 is 0 Å². The van der Waals surface area contributed by atoms with E-state index in [1.165, 1.54) is 5.57 Å². The van der Waals surface area contributed by atoms with E-state index in [2.05, 4.69) is 48.5 Å². The quantitative estimate of drug-likeness (QED) is 0.231. The average Bonchev–Trinajstić information content (AvgIpc) is 3.39. The Labute approximate surface area is 323 Å². The van der Waals surface area contributed by atoms with Crippen LogP contribution in [0.15, 0.2) is 41.5 Å². The largest absolute Gasteiger partial charge is 0.481 e. The summed E-state index contributed by atoms with van der Waals surface area (Å²) in [5.41, 5.74) is 0.944. The summed E-state index contributed by atoms with van der Waals surface area (Å²) in [5.74, 6) is -0.270. The van der Waals surface area contributed by atoms with Crippen LogP contribution in [-0.4, -0.2) is 64.5 Å². The van der Waals surface area contributed by atoms with Crippen molar-refractivity contribution in [2.75, 3.05) is 13.6 Å². The number of fused-ring (bicyclic) bond motifs is 7. The molecule has 6 rings (SSSR count). The summed E-state index contributed by atoms with van der Waals surface area (Å²) in [4.78, 5) is 54.0. The fourth-order valence-electron chi connectivity index (χ4n) is 13.4. The van der Waals surface area contributed by atoms with Gasteiger partial charge in [-0.1, -0.05) is 84.4 Å².